The molecule has 32 heavy (non-hydrogen) atoms. The van der Waals surface area contributed by atoms with Crippen molar-refractivity contribution >= 4 is 40.1 Å². The standard InChI is InChI=1S/C24H24ClN3O4/c1-3-28-11-10-19-17(13-28)23(16-6-4-5-7-18(16)26-19)24(30)32-14-22(29)27-20-12-15(25)8-9-21(20)31-2/h4-9,12H,3,10-11,13-14H2,1-2H3,(H,27,29). The van der Waals surface area contributed by atoms with E-state index in [9.17, 15) is 9.59 Å². The number of hydrogen-bond donors (Lipinski definition) is 1. The average molecular weight is 454 g/mol. The van der Waals surface area contributed by atoms with Crippen LogP contribution in [0.4, 0.5) is 5.69 Å². The van der Waals surface area contributed by atoms with E-state index in [2.05, 4.69) is 17.1 Å². The number of amides is 1. The van der Waals surface area contributed by atoms with Crippen molar-refractivity contribution in [1.29, 1.82) is 0 Å². The number of esters is 1. The number of fused-ring (bicyclic) bond motifs is 2. The molecule has 0 spiro atoms. The van der Waals surface area contributed by atoms with Crippen molar-refractivity contribution in [3.63, 3.8) is 0 Å². The number of pyridine rings is 1. The Labute approximate surface area is 191 Å². The molecule has 8 heteroatoms. The maximum atomic E-state index is 13.2. The Morgan fingerprint density at radius 2 is 2.03 bits per heavy atom. The van der Waals surface area contributed by atoms with Crippen molar-refractivity contribution in [3.8, 4) is 5.75 Å². The third kappa shape index (κ3) is 4.54. The molecular formula is C24H24ClN3O4. The second kappa shape index (κ2) is 9.54. The molecule has 1 amide bonds. The van der Waals surface area contributed by atoms with E-state index in [0.717, 1.165) is 41.7 Å². The fourth-order valence-corrected chi connectivity index (χ4v) is 4.09. The molecule has 1 aliphatic heterocycles. The molecule has 0 radical (unpaired) electrons. The largest absolute Gasteiger partial charge is 0.495 e. The van der Waals surface area contributed by atoms with Crippen LogP contribution in [0.2, 0.25) is 5.02 Å². The van der Waals surface area contributed by atoms with E-state index in [4.69, 9.17) is 26.1 Å². The Morgan fingerprint density at radius 1 is 1.22 bits per heavy atom. The van der Waals surface area contributed by atoms with Gasteiger partial charge in [-0.25, -0.2) is 4.79 Å². The van der Waals surface area contributed by atoms with Crippen LogP contribution in [0.15, 0.2) is 42.5 Å². The van der Waals surface area contributed by atoms with E-state index in [1.54, 1.807) is 18.2 Å². The summed E-state index contributed by atoms with van der Waals surface area (Å²) in [5, 5.41) is 3.86. The summed E-state index contributed by atoms with van der Waals surface area (Å²) < 4.78 is 10.7. The molecule has 1 aromatic heterocycles. The number of rotatable bonds is 6. The van der Waals surface area contributed by atoms with E-state index in [1.165, 1.54) is 7.11 Å². The molecule has 0 aliphatic carbocycles. The van der Waals surface area contributed by atoms with Crippen molar-refractivity contribution in [1.82, 2.24) is 9.88 Å². The fraction of sp³-hybridized carbons (Fsp3) is 0.292. The van der Waals surface area contributed by atoms with Crippen LogP contribution < -0.4 is 10.1 Å². The molecule has 0 atom stereocenters. The predicted molar refractivity (Wildman–Crippen MR) is 123 cm³/mol. The van der Waals surface area contributed by atoms with Crippen LogP contribution in [-0.2, 0) is 22.5 Å². The van der Waals surface area contributed by atoms with Crippen LogP contribution in [-0.4, -0.2) is 48.6 Å². The van der Waals surface area contributed by atoms with Gasteiger partial charge in [-0.15, -0.1) is 0 Å². The van der Waals surface area contributed by atoms with Gasteiger partial charge in [0, 0.05) is 41.2 Å². The molecule has 0 unspecified atom stereocenters. The smallest absolute Gasteiger partial charge is 0.339 e. The number of para-hydroxylation sites is 1. The lowest BCUT2D eigenvalue weighted by Crippen LogP contribution is -2.32. The predicted octanol–water partition coefficient (Wildman–Crippen LogP) is 4.07. The molecular weight excluding hydrogens is 430 g/mol. The first-order valence-electron chi connectivity index (χ1n) is 10.4. The monoisotopic (exact) mass is 453 g/mol. The summed E-state index contributed by atoms with van der Waals surface area (Å²) in [6.45, 7) is 4.06. The zero-order valence-corrected chi connectivity index (χ0v) is 18.7. The van der Waals surface area contributed by atoms with Gasteiger partial charge in [0.2, 0.25) is 0 Å². The number of anilines is 1. The number of methoxy groups -OCH3 is 1. The molecule has 3 aromatic rings. The Kier molecular flexibility index (Phi) is 6.58. The van der Waals surface area contributed by atoms with Crippen LogP contribution in [0.3, 0.4) is 0 Å². The highest BCUT2D eigenvalue weighted by Gasteiger charge is 2.26. The minimum absolute atomic E-state index is 0.409. The Morgan fingerprint density at radius 3 is 2.81 bits per heavy atom. The SMILES string of the molecule is CCN1CCc2nc3ccccc3c(C(=O)OCC(=O)Nc3cc(Cl)ccc3OC)c2C1. The minimum atomic E-state index is -0.536. The Balaban J connectivity index is 1.56. The summed E-state index contributed by atoms with van der Waals surface area (Å²) in [7, 11) is 1.50. The lowest BCUT2D eigenvalue weighted by atomic mass is 9.96. The van der Waals surface area contributed by atoms with Gasteiger partial charge in [0.15, 0.2) is 6.61 Å². The van der Waals surface area contributed by atoms with Crippen LogP contribution in [0.1, 0.15) is 28.5 Å². The number of aromatic nitrogens is 1. The van der Waals surface area contributed by atoms with Gasteiger partial charge in [0.05, 0.1) is 23.9 Å². The van der Waals surface area contributed by atoms with E-state index in [0.29, 0.717) is 28.6 Å². The zero-order valence-electron chi connectivity index (χ0n) is 18.0. The van der Waals surface area contributed by atoms with Gasteiger partial charge in [-0.1, -0.05) is 36.7 Å². The van der Waals surface area contributed by atoms with E-state index in [1.807, 2.05) is 24.3 Å². The second-order valence-electron chi connectivity index (χ2n) is 7.52. The molecule has 7 nitrogen and oxygen atoms in total. The highest BCUT2D eigenvalue weighted by Crippen LogP contribution is 2.29. The molecule has 1 aliphatic rings. The summed E-state index contributed by atoms with van der Waals surface area (Å²) in [6.07, 6.45) is 0.767. The third-order valence-corrected chi connectivity index (χ3v) is 5.78. The highest BCUT2D eigenvalue weighted by molar-refractivity contribution is 6.31. The molecule has 1 N–H and O–H groups in total. The first kappa shape index (κ1) is 22.0. The molecule has 0 saturated carbocycles. The summed E-state index contributed by atoms with van der Waals surface area (Å²) in [5.41, 5.74) is 3.42. The normalized spacial score (nSPS) is 13.5. The van der Waals surface area contributed by atoms with Gasteiger partial charge in [-0.3, -0.25) is 14.7 Å². The lowest BCUT2D eigenvalue weighted by Gasteiger charge is -2.28. The van der Waals surface area contributed by atoms with Crippen LogP contribution in [0, 0.1) is 0 Å². The van der Waals surface area contributed by atoms with Gasteiger partial charge in [-0.05, 0) is 30.8 Å². The Hall–Kier alpha value is -3.16. The van der Waals surface area contributed by atoms with E-state index < -0.39 is 18.5 Å². The lowest BCUT2D eigenvalue weighted by molar-refractivity contribution is -0.119. The maximum absolute atomic E-state index is 13.2. The summed E-state index contributed by atoms with van der Waals surface area (Å²) in [4.78, 5) is 32.7. The Bertz CT molecular complexity index is 1180. The quantitative estimate of drug-likeness (QED) is 0.567. The minimum Gasteiger partial charge on any atom is -0.495 e. The van der Waals surface area contributed by atoms with Gasteiger partial charge >= 0.3 is 5.97 Å². The zero-order chi connectivity index (χ0) is 22.7. The van der Waals surface area contributed by atoms with Gasteiger partial charge in [0.25, 0.3) is 5.91 Å². The number of halogens is 1. The number of nitrogens with zero attached hydrogens (tertiary/aromatic N) is 2. The summed E-state index contributed by atoms with van der Waals surface area (Å²) >= 11 is 6.01. The first-order chi connectivity index (χ1) is 15.5. The molecule has 0 fully saturated rings. The maximum Gasteiger partial charge on any atom is 0.339 e. The fourth-order valence-electron chi connectivity index (χ4n) is 3.92. The van der Waals surface area contributed by atoms with Crippen molar-refractivity contribution in [2.45, 2.75) is 19.9 Å². The highest BCUT2D eigenvalue weighted by atomic mass is 35.5. The van der Waals surface area contributed by atoms with Crippen molar-refractivity contribution in [3.05, 3.63) is 64.3 Å². The molecule has 4 rings (SSSR count). The van der Waals surface area contributed by atoms with Gasteiger partial charge in [-0.2, -0.15) is 0 Å². The molecule has 2 heterocycles. The molecule has 0 bridgehead atoms. The van der Waals surface area contributed by atoms with Crippen molar-refractivity contribution in [2.75, 3.05) is 32.1 Å². The van der Waals surface area contributed by atoms with Crippen LogP contribution in [0.25, 0.3) is 10.9 Å². The van der Waals surface area contributed by atoms with E-state index in [-0.39, 0.29) is 0 Å². The number of carbonyl (C=O) groups excluding carboxylic acids is 2. The third-order valence-electron chi connectivity index (χ3n) is 5.55. The number of hydrogen-bond acceptors (Lipinski definition) is 6. The number of benzene rings is 2. The number of carbonyl (C=O) groups is 2. The summed E-state index contributed by atoms with van der Waals surface area (Å²) in [5.74, 6) is -0.560. The van der Waals surface area contributed by atoms with Crippen LogP contribution >= 0.6 is 11.6 Å². The van der Waals surface area contributed by atoms with Gasteiger partial charge in [0.1, 0.15) is 5.75 Å². The first-order valence-corrected chi connectivity index (χ1v) is 10.8. The number of nitrogens with one attached hydrogen (secondary N) is 1. The van der Waals surface area contributed by atoms with E-state index >= 15 is 0 Å². The topological polar surface area (TPSA) is 80.8 Å². The average Bonchev–Trinajstić information content (AvgIpc) is 2.80. The van der Waals surface area contributed by atoms with Gasteiger partial charge < -0.3 is 14.8 Å². The molecule has 0 saturated heterocycles. The number of likely N-dealkylation sites (N-methyl/N-ethyl adjacent to an activating group) is 1. The summed E-state index contributed by atoms with van der Waals surface area (Å²) in [6, 6.07) is 12.4. The molecule has 166 valence electrons. The van der Waals surface area contributed by atoms with Crippen LogP contribution in [0.5, 0.6) is 5.75 Å². The van der Waals surface area contributed by atoms with Crippen molar-refractivity contribution < 1.29 is 19.1 Å². The second-order valence-corrected chi connectivity index (χ2v) is 7.95. The van der Waals surface area contributed by atoms with Crippen molar-refractivity contribution in [2.24, 2.45) is 0 Å². The number of ether oxygens (including phenoxy) is 2. The molecule has 2 aromatic carbocycles.